The lowest BCUT2D eigenvalue weighted by atomic mass is 10.1. The zero-order valence-electron chi connectivity index (χ0n) is 10.3. The molecule has 0 saturated carbocycles. The van der Waals surface area contributed by atoms with Crippen molar-refractivity contribution >= 4 is 17.5 Å². The fraction of sp³-hybridized carbons (Fsp3) is 0.286. The summed E-state index contributed by atoms with van der Waals surface area (Å²) in [6, 6.07) is 5.17. The molecule has 0 saturated heterocycles. The van der Waals surface area contributed by atoms with Crippen LogP contribution in [0.2, 0.25) is 0 Å². The van der Waals surface area contributed by atoms with E-state index in [1.807, 2.05) is 6.08 Å². The first kappa shape index (κ1) is 11.8. The Kier molecular flexibility index (Phi) is 2.95. The molecule has 19 heavy (non-hydrogen) atoms. The van der Waals surface area contributed by atoms with Crippen LogP contribution in [0.1, 0.15) is 33.6 Å². The molecule has 1 aromatic rings. The minimum absolute atomic E-state index is 0.147. The number of benzene rings is 1. The molecule has 0 radical (unpaired) electrons. The van der Waals surface area contributed by atoms with E-state index in [9.17, 15) is 9.59 Å². The number of imide groups is 1. The minimum atomic E-state index is -0.333. The smallest absolute Gasteiger partial charge is 0.259 e. The Morgan fingerprint density at radius 1 is 1.26 bits per heavy atom. The number of nitrogens with one attached hydrogen (secondary N) is 2. The van der Waals surface area contributed by atoms with Gasteiger partial charge in [0.1, 0.15) is 6.10 Å². The van der Waals surface area contributed by atoms with E-state index in [4.69, 9.17) is 4.74 Å². The Morgan fingerprint density at radius 2 is 2.11 bits per heavy atom. The molecule has 3 rings (SSSR count). The largest absolute Gasteiger partial charge is 0.497 e. The molecule has 2 aliphatic heterocycles. The Labute approximate surface area is 110 Å². The topological polar surface area (TPSA) is 67.4 Å². The van der Waals surface area contributed by atoms with Gasteiger partial charge >= 0.3 is 0 Å². The van der Waals surface area contributed by atoms with Crippen LogP contribution in [-0.2, 0) is 4.74 Å². The van der Waals surface area contributed by atoms with Gasteiger partial charge in [-0.15, -0.1) is 0 Å². The molecule has 0 fully saturated rings. The highest BCUT2D eigenvalue weighted by Gasteiger charge is 2.26. The number of carbonyl (C=O) groups excluding carboxylic acids is 2. The molecular formula is C14H14N2O3. The fourth-order valence-corrected chi connectivity index (χ4v) is 2.24. The molecular weight excluding hydrogens is 244 g/mol. The standard InChI is InChI=1S/C14H14N2O3/c17-13-11-5-4-9(7-12(11)14(18)16-13)15-8-10-3-1-2-6-19-10/h2,4-7,10,15H,1,3,8H2,(H,16,17,18). The van der Waals surface area contributed by atoms with Gasteiger partial charge < -0.3 is 10.1 Å². The van der Waals surface area contributed by atoms with E-state index in [2.05, 4.69) is 10.6 Å². The van der Waals surface area contributed by atoms with Gasteiger partial charge in [0.25, 0.3) is 11.8 Å². The summed E-state index contributed by atoms with van der Waals surface area (Å²) in [6.45, 7) is 0.679. The van der Waals surface area contributed by atoms with Gasteiger partial charge in [0, 0.05) is 5.69 Å². The van der Waals surface area contributed by atoms with Crippen LogP contribution in [0.4, 0.5) is 5.69 Å². The van der Waals surface area contributed by atoms with E-state index in [0.29, 0.717) is 17.7 Å². The zero-order chi connectivity index (χ0) is 13.2. The lowest BCUT2D eigenvalue weighted by Gasteiger charge is -2.20. The molecule has 1 aromatic carbocycles. The number of hydrogen-bond donors (Lipinski definition) is 2. The first-order valence-corrected chi connectivity index (χ1v) is 6.28. The van der Waals surface area contributed by atoms with Gasteiger partial charge in [0.2, 0.25) is 0 Å². The number of fused-ring (bicyclic) bond motifs is 1. The quantitative estimate of drug-likeness (QED) is 0.809. The number of anilines is 1. The average Bonchev–Trinajstić information content (AvgIpc) is 2.73. The molecule has 98 valence electrons. The second-order valence-electron chi connectivity index (χ2n) is 4.63. The number of allylic oxidation sites excluding steroid dienone is 1. The summed E-state index contributed by atoms with van der Waals surface area (Å²) in [5.74, 6) is -0.659. The van der Waals surface area contributed by atoms with Crippen molar-refractivity contribution in [2.24, 2.45) is 0 Å². The Hall–Kier alpha value is -2.30. The van der Waals surface area contributed by atoms with Crippen molar-refractivity contribution < 1.29 is 14.3 Å². The highest BCUT2D eigenvalue weighted by atomic mass is 16.5. The SMILES string of the molecule is O=C1NC(=O)c2cc(NCC3CCC=CO3)ccc21. The minimum Gasteiger partial charge on any atom is -0.497 e. The normalized spacial score (nSPS) is 20.7. The van der Waals surface area contributed by atoms with Crippen molar-refractivity contribution in [3.63, 3.8) is 0 Å². The average molecular weight is 258 g/mol. The summed E-state index contributed by atoms with van der Waals surface area (Å²) in [4.78, 5) is 23.0. The van der Waals surface area contributed by atoms with Gasteiger partial charge in [-0.25, -0.2) is 0 Å². The second-order valence-corrected chi connectivity index (χ2v) is 4.63. The maximum absolute atomic E-state index is 11.5. The highest BCUT2D eigenvalue weighted by Crippen LogP contribution is 2.20. The summed E-state index contributed by atoms with van der Waals surface area (Å²) in [7, 11) is 0. The summed E-state index contributed by atoms with van der Waals surface area (Å²) in [5.41, 5.74) is 1.69. The zero-order valence-corrected chi connectivity index (χ0v) is 10.3. The van der Waals surface area contributed by atoms with Crippen LogP contribution in [0.15, 0.2) is 30.5 Å². The van der Waals surface area contributed by atoms with E-state index in [0.717, 1.165) is 18.5 Å². The van der Waals surface area contributed by atoms with Gasteiger partial charge in [0.15, 0.2) is 0 Å². The lowest BCUT2D eigenvalue weighted by molar-refractivity contribution is 0.0879. The van der Waals surface area contributed by atoms with Gasteiger partial charge in [-0.1, -0.05) is 0 Å². The third-order valence-corrected chi connectivity index (χ3v) is 3.29. The fourth-order valence-electron chi connectivity index (χ4n) is 2.24. The van der Waals surface area contributed by atoms with E-state index in [1.165, 1.54) is 0 Å². The van der Waals surface area contributed by atoms with Crippen LogP contribution in [0.3, 0.4) is 0 Å². The van der Waals surface area contributed by atoms with E-state index < -0.39 is 0 Å². The summed E-state index contributed by atoms with van der Waals surface area (Å²) < 4.78 is 5.45. The van der Waals surface area contributed by atoms with Gasteiger partial charge in [-0.2, -0.15) is 0 Å². The second kappa shape index (κ2) is 4.76. The Bertz CT molecular complexity index is 566. The molecule has 5 heteroatoms. The maximum atomic E-state index is 11.5. The van der Waals surface area contributed by atoms with Gasteiger partial charge in [0.05, 0.1) is 23.9 Å². The Balaban J connectivity index is 1.69. The summed E-state index contributed by atoms with van der Waals surface area (Å²) in [6.07, 6.45) is 5.88. The highest BCUT2D eigenvalue weighted by molar-refractivity contribution is 6.21. The predicted molar refractivity (Wildman–Crippen MR) is 70.0 cm³/mol. The van der Waals surface area contributed by atoms with E-state index >= 15 is 0 Å². The molecule has 0 bridgehead atoms. The van der Waals surface area contributed by atoms with Crippen LogP contribution in [-0.4, -0.2) is 24.5 Å². The molecule has 2 N–H and O–H groups in total. The lowest BCUT2D eigenvalue weighted by Crippen LogP contribution is -2.23. The molecule has 2 heterocycles. The van der Waals surface area contributed by atoms with Crippen molar-refractivity contribution in [3.05, 3.63) is 41.7 Å². The van der Waals surface area contributed by atoms with E-state index in [-0.39, 0.29) is 17.9 Å². The maximum Gasteiger partial charge on any atom is 0.259 e. The molecule has 0 spiro atoms. The van der Waals surface area contributed by atoms with Crippen LogP contribution >= 0.6 is 0 Å². The third-order valence-electron chi connectivity index (χ3n) is 3.29. The van der Waals surface area contributed by atoms with Crippen LogP contribution in [0.5, 0.6) is 0 Å². The Morgan fingerprint density at radius 3 is 2.89 bits per heavy atom. The van der Waals surface area contributed by atoms with E-state index in [1.54, 1.807) is 24.5 Å². The van der Waals surface area contributed by atoms with Gasteiger partial charge in [-0.3, -0.25) is 14.9 Å². The first-order chi connectivity index (χ1) is 9.24. The van der Waals surface area contributed by atoms with Crippen molar-refractivity contribution in [3.8, 4) is 0 Å². The molecule has 2 aliphatic rings. The van der Waals surface area contributed by atoms with Crippen molar-refractivity contribution in [1.82, 2.24) is 5.32 Å². The summed E-state index contributed by atoms with van der Waals surface area (Å²) >= 11 is 0. The van der Waals surface area contributed by atoms with Gasteiger partial charge in [-0.05, 0) is 37.1 Å². The number of carbonyl (C=O) groups is 2. The predicted octanol–water partition coefficient (Wildman–Crippen LogP) is 1.67. The van der Waals surface area contributed by atoms with Crippen LogP contribution < -0.4 is 10.6 Å². The number of hydrogen-bond acceptors (Lipinski definition) is 4. The van der Waals surface area contributed by atoms with Crippen molar-refractivity contribution in [2.45, 2.75) is 18.9 Å². The molecule has 5 nitrogen and oxygen atoms in total. The number of ether oxygens (including phenoxy) is 1. The van der Waals surface area contributed by atoms with Crippen molar-refractivity contribution in [1.29, 1.82) is 0 Å². The van der Waals surface area contributed by atoms with Crippen LogP contribution in [0.25, 0.3) is 0 Å². The molecule has 2 amide bonds. The summed E-state index contributed by atoms with van der Waals surface area (Å²) in [5, 5.41) is 5.50. The molecule has 0 aliphatic carbocycles. The third kappa shape index (κ3) is 2.31. The molecule has 0 aromatic heterocycles. The number of amides is 2. The molecule has 1 unspecified atom stereocenters. The van der Waals surface area contributed by atoms with Crippen LogP contribution in [0, 0.1) is 0 Å². The van der Waals surface area contributed by atoms with Crippen molar-refractivity contribution in [2.75, 3.05) is 11.9 Å². The molecule has 1 atom stereocenters. The monoisotopic (exact) mass is 258 g/mol. The first-order valence-electron chi connectivity index (χ1n) is 6.28. The number of rotatable bonds is 3.